The summed E-state index contributed by atoms with van der Waals surface area (Å²) in [5.74, 6) is -1.92. The molecule has 0 spiro atoms. The molecule has 0 bridgehead atoms. The minimum absolute atomic E-state index is 0.0907. The average molecular weight is 386 g/mol. The van der Waals surface area contributed by atoms with Crippen LogP contribution in [0.1, 0.15) is 25.3 Å². The Hall–Kier alpha value is -3.62. The van der Waals surface area contributed by atoms with Crippen molar-refractivity contribution < 1.29 is 18.4 Å². The Labute approximate surface area is 159 Å². The van der Waals surface area contributed by atoms with Crippen molar-refractivity contribution in [2.24, 2.45) is 0 Å². The van der Waals surface area contributed by atoms with Crippen molar-refractivity contribution in [1.29, 1.82) is 0 Å². The van der Waals surface area contributed by atoms with Gasteiger partial charge in [-0.3, -0.25) is 10.1 Å². The van der Waals surface area contributed by atoms with E-state index in [1.807, 2.05) is 26.0 Å². The summed E-state index contributed by atoms with van der Waals surface area (Å²) in [5.41, 5.74) is 0.651. The van der Waals surface area contributed by atoms with Gasteiger partial charge in [-0.2, -0.15) is 4.98 Å². The molecule has 28 heavy (non-hydrogen) atoms. The van der Waals surface area contributed by atoms with E-state index in [4.69, 9.17) is 4.74 Å². The van der Waals surface area contributed by atoms with E-state index >= 15 is 0 Å². The molecule has 1 N–H and O–H groups in total. The van der Waals surface area contributed by atoms with Gasteiger partial charge in [0.25, 0.3) is 0 Å². The first-order valence-corrected chi connectivity index (χ1v) is 8.34. The number of hydrogen-bond donors (Lipinski definition) is 1. The Kier molecular flexibility index (Phi) is 5.44. The van der Waals surface area contributed by atoms with Gasteiger partial charge in [-0.1, -0.05) is 26.0 Å². The number of anilines is 2. The minimum Gasteiger partial charge on any atom is -0.434 e. The first-order valence-electron chi connectivity index (χ1n) is 8.34. The largest absolute Gasteiger partial charge is 0.434 e. The van der Waals surface area contributed by atoms with Gasteiger partial charge in [0, 0.05) is 11.8 Å². The van der Waals surface area contributed by atoms with Gasteiger partial charge in [0.05, 0.1) is 4.92 Å². The van der Waals surface area contributed by atoms with Crippen LogP contribution in [-0.2, 0) is 0 Å². The lowest BCUT2D eigenvalue weighted by Crippen LogP contribution is -2.04. The normalized spacial score (nSPS) is 10.8. The third-order valence-corrected chi connectivity index (χ3v) is 3.91. The highest BCUT2D eigenvalue weighted by atomic mass is 19.2. The van der Waals surface area contributed by atoms with Crippen molar-refractivity contribution >= 4 is 17.2 Å². The monoisotopic (exact) mass is 386 g/mol. The molecule has 3 aromatic rings. The zero-order valence-electron chi connectivity index (χ0n) is 15.0. The number of nitrogens with zero attached hydrogens (tertiary/aromatic N) is 3. The summed E-state index contributed by atoms with van der Waals surface area (Å²) in [7, 11) is 0. The van der Waals surface area contributed by atoms with Gasteiger partial charge in [0.2, 0.25) is 5.82 Å². The SMILES string of the molecule is CC(C)c1ccc(Oc2ncnc(Nc3ccc(F)c(F)c3)c2[N+](=O)[O-])cc1. The third kappa shape index (κ3) is 4.20. The summed E-state index contributed by atoms with van der Waals surface area (Å²) < 4.78 is 32.0. The van der Waals surface area contributed by atoms with Crippen LogP contribution >= 0.6 is 0 Å². The van der Waals surface area contributed by atoms with E-state index < -0.39 is 22.2 Å². The quantitative estimate of drug-likeness (QED) is 0.455. The summed E-state index contributed by atoms with van der Waals surface area (Å²) in [5, 5.41) is 14.2. The second-order valence-electron chi connectivity index (χ2n) is 6.21. The van der Waals surface area contributed by atoms with Crippen molar-refractivity contribution in [2.75, 3.05) is 5.32 Å². The predicted molar refractivity (Wildman–Crippen MR) is 98.9 cm³/mol. The highest BCUT2D eigenvalue weighted by Crippen LogP contribution is 2.35. The van der Waals surface area contributed by atoms with Crippen LogP contribution < -0.4 is 10.1 Å². The number of ether oxygens (including phenoxy) is 1. The molecule has 0 unspecified atom stereocenters. The maximum absolute atomic E-state index is 13.4. The number of hydrogen-bond acceptors (Lipinski definition) is 6. The van der Waals surface area contributed by atoms with Crippen molar-refractivity contribution in [3.8, 4) is 11.6 Å². The zero-order chi connectivity index (χ0) is 20.3. The topological polar surface area (TPSA) is 90.2 Å². The van der Waals surface area contributed by atoms with Gasteiger partial charge in [-0.05, 0) is 35.7 Å². The molecule has 0 aliphatic rings. The van der Waals surface area contributed by atoms with Gasteiger partial charge in [-0.15, -0.1) is 0 Å². The van der Waals surface area contributed by atoms with Crippen molar-refractivity contribution in [1.82, 2.24) is 9.97 Å². The van der Waals surface area contributed by atoms with Crippen LogP contribution in [0.15, 0.2) is 48.8 Å². The van der Waals surface area contributed by atoms with E-state index in [9.17, 15) is 18.9 Å². The molecule has 0 radical (unpaired) electrons. The van der Waals surface area contributed by atoms with Gasteiger partial charge >= 0.3 is 11.6 Å². The van der Waals surface area contributed by atoms with Crippen molar-refractivity contribution in [3.63, 3.8) is 0 Å². The minimum atomic E-state index is -1.09. The Bertz CT molecular complexity index is 1010. The lowest BCUT2D eigenvalue weighted by atomic mass is 10.0. The molecule has 0 saturated heterocycles. The third-order valence-electron chi connectivity index (χ3n) is 3.91. The summed E-state index contributed by atoms with van der Waals surface area (Å²) in [6.07, 6.45) is 1.08. The van der Waals surface area contributed by atoms with Crippen LogP contribution in [0.5, 0.6) is 11.6 Å². The van der Waals surface area contributed by atoms with Gasteiger partial charge in [0.15, 0.2) is 11.6 Å². The first kappa shape index (κ1) is 19.2. The number of aromatic nitrogens is 2. The molecule has 3 rings (SSSR count). The Balaban J connectivity index is 1.92. The molecule has 0 aliphatic heterocycles. The molecule has 1 aromatic heterocycles. The lowest BCUT2D eigenvalue weighted by Gasteiger charge is -2.10. The molecule has 0 saturated carbocycles. The molecular weight excluding hydrogens is 370 g/mol. The molecule has 0 amide bonds. The summed E-state index contributed by atoms with van der Waals surface area (Å²) in [6, 6.07) is 10.1. The predicted octanol–water partition coefficient (Wildman–Crippen LogP) is 5.32. The molecule has 0 fully saturated rings. The van der Waals surface area contributed by atoms with Crippen molar-refractivity contribution in [2.45, 2.75) is 19.8 Å². The molecule has 144 valence electrons. The number of halogens is 2. The molecule has 2 aromatic carbocycles. The van der Waals surface area contributed by atoms with E-state index in [1.165, 1.54) is 6.07 Å². The number of benzene rings is 2. The van der Waals surface area contributed by atoms with Gasteiger partial charge < -0.3 is 10.1 Å². The van der Waals surface area contributed by atoms with E-state index in [-0.39, 0.29) is 17.4 Å². The van der Waals surface area contributed by atoms with E-state index in [1.54, 1.807) is 12.1 Å². The molecule has 7 nitrogen and oxygen atoms in total. The highest BCUT2D eigenvalue weighted by Gasteiger charge is 2.25. The highest BCUT2D eigenvalue weighted by molar-refractivity contribution is 5.68. The lowest BCUT2D eigenvalue weighted by molar-refractivity contribution is -0.385. The fourth-order valence-electron chi connectivity index (χ4n) is 2.44. The zero-order valence-corrected chi connectivity index (χ0v) is 15.0. The fourth-order valence-corrected chi connectivity index (χ4v) is 2.44. The van der Waals surface area contributed by atoms with Crippen LogP contribution in [0, 0.1) is 21.7 Å². The van der Waals surface area contributed by atoms with Crippen LogP contribution in [0.3, 0.4) is 0 Å². The van der Waals surface area contributed by atoms with Crippen LogP contribution in [0.4, 0.5) is 26.0 Å². The Morgan fingerprint density at radius 2 is 1.79 bits per heavy atom. The number of nitro groups is 1. The molecular formula is C19H16F2N4O3. The van der Waals surface area contributed by atoms with Crippen LogP contribution in [-0.4, -0.2) is 14.9 Å². The molecule has 1 heterocycles. The molecule has 0 aliphatic carbocycles. The van der Waals surface area contributed by atoms with Crippen LogP contribution in [0.25, 0.3) is 0 Å². The Morgan fingerprint density at radius 1 is 1.07 bits per heavy atom. The maximum Gasteiger partial charge on any atom is 0.373 e. The van der Waals surface area contributed by atoms with E-state index in [2.05, 4.69) is 15.3 Å². The second-order valence-corrected chi connectivity index (χ2v) is 6.21. The van der Waals surface area contributed by atoms with Gasteiger partial charge in [-0.25, -0.2) is 13.8 Å². The summed E-state index contributed by atoms with van der Waals surface area (Å²) in [4.78, 5) is 18.5. The van der Waals surface area contributed by atoms with Gasteiger partial charge in [0.1, 0.15) is 12.1 Å². The first-order chi connectivity index (χ1) is 13.3. The van der Waals surface area contributed by atoms with E-state index in [0.29, 0.717) is 11.7 Å². The summed E-state index contributed by atoms with van der Waals surface area (Å²) in [6.45, 7) is 4.09. The molecule has 9 heteroatoms. The number of rotatable bonds is 6. The van der Waals surface area contributed by atoms with Crippen LogP contribution in [0.2, 0.25) is 0 Å². The van der Waals surface area contributed by atoms with Crippen molar-refractivity contribution in [3.05, 3.63) is 76.1 Å². The maximum atomic E-state index is 13.4. The molecule has 0 atom stereocenters. The number of nitrogens with one attached hydrogen (secondary N) is 1. The summed E-state index contributed by atoms with van der Waals surface area (Å²) >= 11 is 0. The fraction of sp³-hybridized carbons (Fsp3) is 0.158. The average Bonchev–Trinajstić information content (AvgIpc) is 2.65. The standard InChI is InChI=1S/C19H16F2N4O3/c1-11(2)12-3-6-14(7-4-12)28-19-17(25(26)27)18(22-10-23-19)24-13-5-8-15(20)16(21)9-13/h3-11H,1-2H3,(H,22,23,24). The van der Waals surface area contributed by atoms with E-state index in [0.717, 1.165) is 24.0 Å². The Morgan fingerprint density at radius 3 is 2.39 bits per heavy atom. The second kappa shape index (κ2) is 7.95. The smallest absolute Gasteiger partial charge is 0.373 e.